The second-order valence-corrected chi connectivity index (χ2v) is 33.8. The fourth-order valence-electron chi connectivity index (χ4n) is 12.6. The lowest BCUT2D eigenvalue weighted by Crippen LogP contribution is -2.55. The lowest BCUT2D eigenvalue weighted by Gasteiger charge is -2.38. The molecule has 12 rings (SSSR count). The van der Waals surface area contributed by atoms with Crippen molar-refractivity contribution in [2.24, 2.45) is 0 Å². The van der Waals surface area contributed by atoms with Crippen LogP contribution >= 0.6 is 8.53 Å². The van der Waals surface area contributed by atoms with E-state index < -0.39 is 55.2 Å². The maximum atomic E-state index is 11.2. The van der Waals surface area contributed by atoms with Gasteiger partial charge in [-0.05, 0) is 145 Å². The molecule has 6 aromatic carbocycles. The minimum absolute atomic E-state index is 0.185. The van der Waals surface area contributed by atoms with Crippen molar-refractivity contribution in [2.45, 2.75) is 105 Å². The van der Waals surface area contributed by atoms with Gasteiger partial charge in [0.15, 0.2) is 0 Å². The molecule has 1 N–H and O–H groups in total. The number of fused-ring (bicyclic) bond motifs is 1. The van der Waals surface area contributed by atoms with Gasteiger partial charge in [0.05, 0.1) is 85.2 Å². The van der Waals surface area contributed by atoms with Gasteiger partial charge in [-0.25, -0.2) is 11.2 Å². The maximum Gasteiger partial charge on any atom is 0.323 e. The molecular formula is C76H89N4O16PSi2. The van der Waals surface area contributed by atoms with Gasteiger partial charge >= 0.3 is 23.1 Å². The van der Waals surface area contributed by atoms with Crippen LogP contribution in [-0.2, 0) is 61.7 Å². The highest BCUT2D eigenvalue weighted by Gasteiger charge is 2.49. The van der Waals surface area contributed by atoms with Crippen LogP contribution in [0.5, 0.6) is 23.0 Å². The molecule has 0 spiro atoms. The Labute approximate surface area is 584 Å². The lowest BCUT2D eigenvalue weighted by atomic mass is 9.80. The summed E-state index contributed by atoms with van der Waals surface area (Å²) in [6, 6.07) is 59.7. The van der Waals surface area contributed by atoms with Gasteiger partial charge in [-0.1, -0.05) is 121 Å². The summed E-state index contributed by atoms with van der Waals surface area (Å²) in [7, 11) is 4.65. The zero-order valence-corrected chi connectivity index (χ0v) is 60.6. The zero-order chi connectivity index (χ0) is 70.0. The van der Waals surface area contributed by atoms with Crippen molar-refractivity contribution in [3.05, 3.63) is 263 Å². The first-order chi connectivity index (χ1) is 47.9. The van der Waals surface area contributed by atoms with E-state index in [9.17, 15) is 9.90 Å². The molecule has 4 aliphatic rings. The Morgan fingerprint density at radius 1 is 0.576 bits per heavy atom. The van der Waals surface area contributed by atoms with Crippen molar-refractivity contribution >= 4 is 31.6 Å². The molecule has 2 aromatic heterocycles. The molecular weight excluding hydrogens is 1310 g/mol. The zero-order valence-electron chi connectivity index (χ0n) is 57.7. The largest absolute Gasteiger partial charge is 0.497 e. The number of hydrogen-bond acceptors (Lipinski definition) is 19. The van der Waals surface area contributed by atoms with Gasteiger partial charge in [0.25, 0.3) is 8.53 Å². The summed E-state index contributed by atoms with van der Waals surface area (Å²) in [6.45, 7) is 16.4. The number of aromatic nitrogens is 2. The van der Waals surface area contributed by atoms with Gasteiger partial charge < -0.3 is 74.6 Å². The van der Waals surface area contributed by atoms with Crippen LogP contribution in [0.2, 0.25) is 26.2 Å². The number of aliphatic hydroxyl groups excluding tert-OH is 1. The summed E-state index contributed by atoms with van der Waals surface area (Å²) in [4.78, 5) is 23.2. The lowest BCUT2D eigenvalue weighted by molar-refractivity contribution is -0.143. The fourth-order valence-corrected chi connectivity index (χ4v) is 20.5. The smallest absolute Gasteiger partial charge is 0.323 e. The van der Waals surface area contributed by atoms with Crippen molar-refractivity contribution in [3.8, 4) is 23.0 Å². The molecule has 4 fully saturated rings. The Morgan fingerprint density at radius 3 is 1.43 bits per heavy atom. The predicted octanol–water partition coefficient (Wildman–Crippen LogP) is 13.5. The summed E-state index contributed by atoms with van der Waals surface area (Å²) < 4.78 is 86.3. The van der Waals surface area contributed by atoms with Crippen LogP contribution in [-0.4, -0.2) is 155 Å². The quantitative estimate of drug-likeness (QED) is 0.0149. The Bertz CT molecular complexity index is 3720. The number of pyridine rings is 2. The van der Waals surface area contributed by atoms with Crippen LogP contribution in [0.25, 0.3) is 4.85 Å². The third kappa shape index (κ3) is 18.6. The number of nitrogens with zero attached hydrogens (tertiary/aromatic N) is 4. The van der Waals surface area contributed by atoms with Crippen molar-refractivity contribution in [2.75, 3.05) is 75.5 Å². The molecule has 23 heteroatoms. The van der Waals surface area contributed by atoms with Gasteiger partial charge in [-0.15, -0.1) is 0 Å². The Morgan fingerprint density at radius 2 is 1.01 bits per heavy atom. The Balaban J connectivity index is 0.000000178. The highest BCUT2D eigenvalue weighted by Crippen LogP contribution is 2.49. The number of hydrogen-bond donors (Lipinski definition) is 1. The van der Waals surface area contributed by atoms with Crippen LogP contribution < -0.4 is 18.9 Å². The average Bonchev–Trinajstić information content (AvgIpc) is 1.60. The number of carbonyl (C=O) groups excluding carboxylic acids is 1. The number of methoxy groups -OCH3 is 4. The van der Waals surface area contributed by atoms with Crippen LogP contribution in [0.3, 0.4) is 0 Å². The van der Waals surface area contributed by atoms with E-state index >= 15 is 0 Å². The SMILES string of the molecule is COc1ccc(C(OCC2O[C@@H](c3cccnc3)CC2O)(c2ccccc2)c2ccc(OC)cc2)cc1.C[Si]1(C)OCC2OC(=O)CC2O[Si](C)(C)O1.[C-]#[N+]CCOP(OC1C[C@H](c2cccnc2)OC1COC(c1ccccc1)(c1ccc(OC)cc1)c1ccc(OC)cc1)N(C)C. The van der Waals surface area contributed by atoms with E-state index in [1.807, 2.05) is 209 Å². The molecule has 0 aliphatic carbocycles. The highest BCUT2D eigenvalue weighted by atomic mass is 31.2. The van der Waals surface area contributed by atoms with Crippen LogP contribution in [0.4, 0.5) is 0 Å². The molecule has 6 heterocycles. The van der Waals surface area contributed by atoms with E-state index in [4.69, 9.17) is 71.2 Å². The molecule has 9 atom stereocenters. The fraction of sp³-hybridized carbons (Fsp3) is 0.368. The summed E-state index contributed by atoms with van der Waals surface area (Å²) >= 11 is 0. The van der Waals surface area contributed by atoms with Crippen LogP contribution in [0.1, 0.15) is 76.0 Å². The average molecular weight is 1400 g/mol. The molecule has 20 nitrogen and oxygen atoms in total. The molecule has 0 amide bonds. The molecule has 99 heavy (non-hydrogen) atoms. The second-order valence-electron chi connectivity index (χ2n) is 25.1. The summed E-state index contributed by atoms with van der Waals surface area (Å²) in [5, 5.41) is 10.9. The summed E-state index contributed by atoms with van der Waals surface area (Å²) in [5.41, 5.74) is 5.61. The maximum absolute atomic E-state index is 11.2. The molecule has 0 radical (unpaired) electrons. The van der Waals surface area contributed by atoms with E-state index in [1.54, 1.807) is 47.0 Å². The molecule has 0 bridgehead atoms. The van der Waals surface area contributed by atoms with Gasteiger partial charge in [0.2, 0.25) is 6.54 Å². The number of ether oxygens (including phenoxy) is 9. The van der Waals surface area contributed by atoms with Crippen molar-refractivity contribution in [1.29, 1.82) is 0 Å². The Kier molecular flexibility index (Phi) is 25.8. The summed E-state index contributed by atoms with van der Waals surface area (Å²) in [6.07, 6.45) is 5.65. The molecule has 7 unspecified atom stereocenters. The topological polar surface area (TPSA) is 200 Å². The minimum atomic E-state index is -2.22. The number of carbonyl (C=O) groups is 1. The van der Waals surface area contributed by atoms with Crippen molar-refractivity contribution in [1.82, 2.24) is 14.6 Å². The second kappa shape index (κ2) is 34.5. The third-order valence-electron chi connectivity index (χ3n) is 17.4. The molecule has 4 aliphatic heterocycles. The number of aliphatic hydroxyl groups is 1. The minimum Gasteiger partial charge on any atom is -0.497 e. The van der Waals surface area contributed by atoms with E-state index in [-0.39, 0.29) is 56.2 Å². The molecule has 522 valence electrons. The van der Waals surface area contributed by atoms with Gasteiger partial charge in [-0.2, -0.15) is 0 Å². The monoisotopic (exact) mass is 1400 g/mol. The van der Waals surface area contributed by atoms with Crippen LogP contribution in [0.15, 0.2) is 207 Å². The molecule has 8 aromatic rings. The van der Waals surface area contributed by atoms with Crippen LogP contribution in [0, 0.1) is 6.57 Å². The Hall–Kier alpha value is -7.80. The van der Waals surface area contributed by atoms with E-state index in [0.29, 0.717) is 32.5 Å². The predicted molar refractivity (Wildman–Crippen MR) is 380 cm³/mol. The van der Waals surface area contributed by atoms with E-state index in [2.05, 4.69) is 39.1 Å². The number of benzene rings is 6. The van der Waals surface area contributed by atoms with Crippen molar-refractivity contribution < 1.29 is 74.5 Å². The highest BCUT2D eigenvalue weighted by molar-refractivity contribution is 7.44. The van der Waals surface area contributed by atoms with E-state index in [0.717, 1.165) is 67.5 Å². The first kappa shape index (κ1) is 73.9. The van der Waals surface area contributed by atoms with Gasteiger partial charge in [0, 0.05) is 37.6 Å². The first-order valence-corrected chi connectivity index (χ1v) is 39.7. The molecule has 0 saturated carbocycles. The number of rotatable bonds is 24. The molecule has 4 saturated heterocycles. The van der Waals surface area contributed by atoms with E-state index in [1.165, 1.54) is 0 Å². The third-order valence-corrected chi connectivity index (χ3v) is 24.5. The van der Waals surface area contributed by atoms with Gasteiger partial charge in [0.1, 0.15) is 59.1 Å². The number of esters is 1. The van der Waals surface area contributed by atoms with Crippen molar-refractivity contribution in [3.63, 3.8) is 0 Å². The normalized spacial score (nSPS) is 21.9. The summed E-state index contributed by atoms with van der Waals surface area (Å²) in [5.74, 6) is 2.82. The standard InChI is InChI=1S/C36H40N3O6P.C31H31NO5.C9H18O5Si2/c1-37-22-23-43-46(39(2)3)45-34-24-33(27-10-9-21-38-25-27)44-35(34)26-42-36(28-11-7-6-8-12-28,29-13-17-31(40-4)18-14-29)30-15-19-32(41-5)20-16-30;1-34-26-14-10-24(11-15-26)31(23-8-4-3-5-9-23,25-12-16-27(35-2)17-13-25)36-21-30-28(33)19-29(37-30)22-7-6-18-32-20-22;1-15(2)11-6-8-7(5-9(10)12-8)13-16(3,4)14-15/h6-21,25,33-35H,22-24,26H2,2-5H3;3-18,20,28-30,33H,19,21H2,1-2H3;7-8H,5-6H2,1-4H3/t33-,34?,35?,46?;28?,29-,30?;/m11./s1. The van der Waals surface area contributed by atoms with Gasteiger partial charge in [-0.3, -0.25) is 14.8 Å². The first-order valence-electron chi connectivity index (χ1n) is 33.0.